The molecule has 1 aliphatic heterocycles. The van der Waals surface area contributed by atoms with E-state index in [-0.39, 0.29) is 5.95 Å². The van der Waals surface area contributed by atoms with Crippen molar-refractivity contribution in [3.63, 3.8) is 0 Å². The summed E-state index contributed by atoms with van der Waals surface area (Å²) in [5, 5.41) is 14.6. The predicted octanol–water partition coefficient (Wildman–Crippen LogP) is 0.322. The Morgan fingerprint density at radius 1 is 1.32 bits per heavy atom. The molecule has 1 aromatic heterocycles. The number of nitrogens with one attached hydrogen (secondary N) is 1. The lowest BCUT2D eigenvalue weighted by atomic mass is 10.1. The SMILES string of the molecule is Nc1nc2n([n+]1[O-])CNC(CCc1ccccc1)=N2. The molecule has 0 amide bonds. The van der Waals surface area contributed by atoms with Crippen LogP contribution in [-0.4, -0.2) is 15.5 Å². The molecule has 98 valence electrons. The highest BCUT2D eigenvalue weighted by atomic mass is 16.5. The van der Waals surface area contributed by atoms with Crippen molar-refractivity contribution in [2.45, 2.75) is 19.5 Å². The van der Waals surface area contributed by atoms with Crippen molar-refractivity contribution < 1.29 is 4.85 Å². The van der Waals surface area contributed by atoms with Crippen molar-refractivity contribution >= 4 is 17.7 Å². The molecule has 1 aliphatic rings. The fourth-order valence-electron chi connectivity index (χ4n) is 2.00. The summed E-state index contributed by atoms with van der Waals surface area (Å²) in [4.78, 5) is 8.76. The number of anilines is 1. The molecule has 19 heavy (non-hydrogen) atoms. The summed E-state index contributed by atoms with van der Waals surface area (Å²) in [6.45, 7) is 0.344. The summed E-state index contributed by atoms with van der Waals surface area (Å²) in [6, 6.07) is 10.2. The molecule has 0 fully saturated rings. The van der Waals surface area contributed by atoms with Crippen molar-refractivity contribution in [1.82, 2.24) is 15.0 Å². The second kappa shape index (κ2) is 4.60. The number of hydrogen-bond acceptors (Lipinski definition) is 5. The molecule has 0 unspecified atom stereocenters. The molecule has 3 N–H and O–H groups in total. The van der Waals surface area contributed by atoms with Crippen LogP contribution in [0, 0.1) is 5.21 Å². The monoisotopic (exact) mass is 258 g/mol. The van der Waals surface area contributed by atoms with Crippen LogP contribution in [0.25, 0.3) is 0 Å². The molecule has 3 rings (SSSR count). The molecule has 0 saturated heterocycles. The van der Waals surface area contributed by atoms with Crippen LogP contribution in [0.5, 0.6) is 0 Å². The van der Waals surface area contributed by atoms with E-state index in [2.05, 4.69) is 27.4 Å². The maximum Gasteiger partial charge on any atom is 0.412 e. The predicted molar refractivity (Wildman–Crippen MR) is 70.6 cm³/mol. The van der Waals surface area contributed by atoms with Gasteiger partial charge in [-0.2, -0.15) is 14.5 Å². The lowest BCUT2D eigenvalue weighted by Gasteiger charge is -2.17. The summed E-state index contributed by atoms with van der Waals surface area (Å²) in [6.07, 6.45) is 1.66. The van der Waals surface area contributed by atoms with Gasteiger partial charge in [0.05, 0.1) is 0 Å². The van der Waals surface area contributed by atoms with Crippen LogP contribution < -0.4 is 15.9 Å². The van der Waals surface area contributed by atoms with Crippen LogP contribution >= 0.6 is 0 Å². The number of aromatic nitrogens is 3. The number of amidine groups is 1. The average Bonchev–Trinajstić information content (AvgIpc) is 2.73. The number of rotatable bonds is 3. The maximum absolute atomic E-state index is 11.5. The van der Waals surface area contributed by atoms with E-state index in [9.17, 15) is 5.21 Å². The second-order valence-electron chi connectivity index (χ2n) is 4.32. The van der Waals surface area contributed by atoms with Crippen molar-refractivity contribution in [1.29, 1.82) is 0 Å². The van der Waals surface area contributed by atoms with Crippen molar-refractivity contribution in [2.75, 3.05) is 5.73 Å². The molecule has 0 radical (unpaired) electrons. The highest BCUT2D eigenvalue weighted by Crippen LogP contribution is 2.13. The molecule has 0 spiro atoms. The Hall–Kier alpha value is -2.57. The van der Waals surface area contributed by atoms with E-state index in [1.54, 1.807) is 0 Å². The van der Waals surface area contributed by atoms with Crippen LogP contribution in [0.3, 0.4) is 0 Å². The minimum absolute atomic E-state index is 0.0788. The molecular formula is C12H14N6O. The molecule has 1 aromatic carbocycles. The van der Waals surface area contributed by atoms with Crippen LogP contribution in [-0.2, 0) is 13.1 Å². The summed E-state index contributed by atoms with van der Waals surface area (Å²) >= 11 is 0. The second-order valence-corrected chi connectivity index (χ2v) is 4.32. The molecule has 0 atom stereocenters. The molecule has 0 saturated carbocycles. The van der Waals surface area contributed by atoms with Crippen molar-refractivity contribution in [3.05, 3.63) is 41.1 Å². The highest BCUT2D eigenvalue weighted by molar-refractivity contribution is 5.84. The zero-order valence-corrected chi connectivity index (χ0v) is 10.3. The minimum atomic E-state index is -0.0788. The van der Waals surface area contributed by atoms with Crippen LogP contribution in [0.4, 0.5) is 11.9 Å². The van der Waals surface area contributed by atoms with Gasteiger partial charge in [-0.3, -0.25) is 5.73 Å². The van der Waals surface area contributed by atoms with Crippen LogP contribution in [0.1, 0.15) is 12.0 Å². The van der Waals surface area contributed by atoms with Gasteiger partial charge in [-0.15, -0.1) is 0 Å². The minimum Gasteiger partial charge on any atom is -0.723 e. The van der Waals surface area contributed by atoms with E-state index in [1.807, 2.05) is 18.2 Å². The van der Waals surface area contributed by atoms with Gasteiger partial charge < -0.3 is 10.5 Å². The maximum atomic E-state index is 11.5. The summed E-state index contributed by atoms with van der Waals surface area (Å²) in [5.41, 5.74) is 6.70. The Morgan fingerprint density at radius 3 is 2.89 bits per heavy atom. The lowest BCUT2D eigenvalue weighted by Crippen LogP contribution is -2.45. The number of nitrogen functional groups attached to an aromatic ring is 1. The van der Waals surface area contributed by atoms with Crippen molar-refractivity contribution in [2.24, 2.45) is 4.99 Å². The van der Waals surface area contributed by atoms with Gasteiger partial charge in [0.1, 0.15) is 12.5 Å². The smallest absolute Gasteiger partial charge is 0.412 e. The number of nitrogens with zero attached hydrogens (tertiary/aromatic N) is 4. The first kappa shape index (κ1) is 11.5. The number of nitrogens with two attached hydrogens (primary N) is 1. The lowest BCUT2D eigenvalue weighted by molar-refractivity contribution is -0.681. The van der Waals surface area contributed by atoms with Gasteiger partial charge in [0, 0.05) is 6.42 Å². The third-order valence-electron chi connectivity index (χ3n) is 3.02. The largest absolute Gasteiger partial charge is 0.723 e. The molecule has 7 nitrogen and oxygen atoms in total. The Kier molecular flexibility index (Phi) is 2.79. The third kappa shape index (κ3) is 2.22. The van der Waals surface area contributed by atoms with E-state index >= 15 is 0 Å². The number of aryl methyl sites for hydroxylation is 1. The van der Waals surface area contributed by atoms with Crippen LogP contribution in [0.2, 0.25) is 0 Å². The van der Waals surface area contributed by atoms with E-state index in [0.29, 0.717) is 17.5 Å². The first-order valence-corrected chi connectivity index (χ1v) is 6.05. The molecule has 7 heteroatoms. The molecule has 2 heterocycles. The normalized spacial score (nSPS) is 13.6. The molecule has 2 aromatic rings. The van der Waals surface area contributed by atoms with E-state index < -0.39 is 0 Å². The fraction of sp³-hybridized carbons (Fsp3) is 0.250. The van der Waals surface area contributed by atoms with E-state index in [0.717, 1.165) is 18.7 Å². The zero-order chi connectivity index (χ0) is 13.2. The quantitative estimate of drug-likeness (QED) is 0.612. The number of benzene rings is 1. The first-order chi connectivity index (χ1) is 9.24. The Labute approximate surface area is 110 Å². The van der Waals surface area contributed by atoms with Gasteiger partial charge >= 0.3 is 11.9 Å². The number of fused-ring (bicyclic) bond motifs is 1. The van der Waals surface area contributed by atoms with E-state index in [1.165, 1.54) is 10.2 Å². The Bertz CT molecular complexity index is 619. The number of aliphatic imine (C=N–C) groups is 1. The fourth-order valence-corrected chi connectivity index (χ4v) is 2.00. The first-order valence-electron chi connectivity index (χ1n) is 6.05. The van der Waals surface area contributed by atoms with Gasteiger partial charge in [-0.05, 0) is 17.0 Å². The molecular weight excluding hydrogens is 244 g/mol. The van der Waals surface area contributed by atoms with Gasteiger partial charge in [-0.25, -0.2) is 0 Å². The third-order valence-corrected chi connectivity index (χ3v) is 3.02. The Balaban J connectivity index is 1.73. The van der Waals surface area contributed by atoms with Gasteiger partial charge in [0.2, 0.25) is 0 Å². The Morgan fingerprint density at radius 2 is 2.11 bits per heavy atom. The van der Waals surface area contributed by atoms with Gasteiger partial charge in [0.25, 0.3) is 0 Å². The van der Waals surface area contributed by atoms with Crippen LogP contribution in [0.15, 0.2) is 35.3 Å². The van der Waals surface area contributed by atoms with Crippen molar-refractivity contribution in [3.8, 4) is 0 Å². The van der Waals surface area contributed by atoms with E-state index in [4.69, 9.17) is 5.73 Å². The molecule has 0 aliphatic carbocycles. The van der Waals surface area contributed by atoms with Gasteiger partial charge in [-0.1, -0.05) is 30.3 Å². The average molecular weight is 258 g/mol. The standard InChI is InChI=1S/C12H14N6O/c13-11-16-12-15-10(14-8-17(12)18(11)19)7-6-9-4-2-1-3-5-9/h1-5H,6-8,13H2,(H,14,15,16). The highest BCUT2D eigenvalue weighted by Gasteiger charge is 2.20. The zero-order valence-electron chi connectivity index (χ0n) is 10.3. The topological polar surface area (TPSA) is 95.2 Å². The summed E-state index contributed by atoms with van der Waals surface area (Å²) < 4.78 is 1.35. The van der Waals surface area contributed by atoms with Gasteiger partial charge in [0.15, 0.2) is 0 Å². The summed E-state index contributed by atoms with van der Waals surface area (Å²) in [5.74, 6) is 1.10. The number of hydrogen-bond donors (Lipinski definition) is 2. The molecule has 0 bridgehead atoms. The summed E-state index contributed by atoms with van der Waals surface area (Å²) in [7, 11) is 0.